The summed E-state index contributed by atoms with van der Waals surface area (Å²) in [4.78, 5) is 39.4. The molecule has 1 heterocycles. The first kappa shape index (κ1) is 20.8. The normalized spacial score (nSPS) is 18.7. The second-order valence-electron chi connectivity index (χ2n) is 7.92. The minimum absolute atomic E-state index is 0.0141. The van der Waals surface area contributed by atoms with Gasteiger partial charge in [-0.2, -0.15) is 0 Å². The standard InChI is InChI=1S/C24H21Cl2NO3/c1-14-2-8-21(23(29)10-14)27-13-17-11-15(3-6-18(17)24(27)30)4-9-22(28)16-5-7-19(25)20(26)12-16/h3,5-7,11-12,21H,1-2,4,8-10,13H2. The maximum atomic E-state index is 12.8. The molecule has 1 aliphatic carbocycles. The minimum Gasteiger partial charge on any atom is -0.324 e. The number of halogens is 2. The SMILES string of the molecule is C=C1CCC(N2Cc3cc(CCC(=O)c4ccc(Cl)c(Cl)c4)ccc3C2=O)C(=O)C1. The van der Waals surface area contributed by atoms with Crippen molar-refractivity contribution in [3.8, 4) is 0 Å². The van der Waals surface area contributed by atoms with Crippen LogP contribution < -0.4 is 0 Å². The van der Waals surface area contributed by atoms with E-state index in [9.17, 15) is 14.4 Å². The van der Waals surface area contributed by atoms with Crippen LogP contribution in [0.2, 0.25) is 10.0 Å². The molecule has 1 fully saturated rings. The van der Waals surface area contributed by atoms with Crippen molar-refractivity contribution < 1.29 is 14.4 Å². The van der Waals surface area contributed by atoms with Gasteiger partial charge in [0.1, 0.15) is 0 Å². The van der Waals surface area contributed by atoms with E-state index in [1.807, 2.05) is 18.2 Å². The van der Waals surface area contributed by atoms with Crippen molar-refractivity contribution in [1.82, 2.24) is 4.90 Å². The zero-order chi connectivity index (χ0) is 21.4. The Morgan fingerprint density at radius 3 is 2.63 bits per heavy atom. The van der Waals surface area contributed by atoms with Gasteiger partial charge in [-0.05, 0) is 54.7 Å². The predicted molar refractivity (Wildman–Crippen MR) is 117 cm³/mol. The molecule has 0 bridgehead atoms. The highest BCUT2D eigenvalue weighted by Crippen LogP contribution is 2.31. The lowest BCUT2D eigenvalue weighted by atomic mass is 9.90. The Kier molecular flexibility index (Phi) is 5.81. The number of Topliss-reactive ketones (excluding diaryl/α,β-unsaturated/α-hetero) is 2. The molecule has 1 aliphatic heterocycles. The Morgan fingerprint density at radius 1 is 1.10 bits per heavy atom. The van der Waals surface area contributed by atoms with Crippen molar-refractivity contribution in [1.29, 1.82) is 0 Å². The van der Waals surface area contributed by atoms with Crippen LogP contribution in [0.25, 0.3) is 0 Å². The van der Waals surface area contributed by atoms with Crippen LogP contribution in [-0.4, -0.2) is 28.4 Å². The number of carbonyl (C=O) groups is 3. The average Bonchev–Trinajstić information content (AvgIpc) is 3.04. The summed E-state index contributed by atoms with van der Waals surface area (Å²) >= 11 is 11.9. The minimum atomic E-state index is -0.366. The van der Waals surface area contributed by atoms with Gasteiger partial charge in [0.25, 0.3) is 5.91 Å². The van der Waals surface area contributed by atoms with Crippen molar-refractivity contribution in [3.63, 3.8) is 0 Å². The van der Waals surface area contributed by atoms with Crippen molar-refractivity contribution in [3.05, 3.63) is 80.8 Å². The van der Waals surface area contributed by atoms with Crippen LogP contribution in [0.4, 0.5) is 0 Å². The van der Waals surface area contributed by atoms with Crippen molar-refractivity contribution in [2.45, 2.75) is 44.7 Å². The summed E-state index contributed by atoms with van der Waals surface area (Å²) in [5.74, 6) is -0.0334. The summed E-state index contributed by atoms with van der Waals surface area (Å²) in [6, 6.07) is 10.2. The van der Waals surface area contributed by atoms with Crippen LogP contribution in [0, 0.1) is 0 Å². The summed E-state index contributed by atoms with van der Waals surface area (Å²) in [6.45, 7) is 4.33. The molecule has 0 spiro atoms. The first-order chi connectivity index (χ1) is 14.3. The van der Waals surface area contributed by atoms with Crippen LogP contribution in [0.1, 0.15) is 57.5 Å². The van der Waals surface area contributed by atoms with Crippen LogP contribution >= 0.6 is 23.2 Å². The van der Waals surface area contributed by atoms with Gasteiger partial charge >= 0.3 is 0 Å². The molecular weight excluding hydrogens is 421 g/mol. The van der Waals surface area contributed by atoms with Gasteiger partial charge in [0.15, 0.2) is 11.6 Å². The monoisotopic (exact) mass is 441 g/mol. The van der Waals surface area contributed by atoms with E-state index in [1.165, 1.54) is 0 Å². The molecule has 154 valence electrons. The molecule has 0 radical (unpaired) electrons. The highest BCUT2D eigenvalue weighted by atomic mass is 35.5. The van der Waals surface area contributed by atoms with E-state index in [0.29, 0.717) is 53.4 Å². The Bertz CT molecular complexity index is 1080. The molecule has 2 aromatic carbocycles. The van der Waals surface area contributed by atoms with Gasteiger partial charge in [-0.25, -0.2) is 0 Å². The first-order valence-electron chi connectivity index (χ1n) is 9.94. The van der Waals surface area contributed by atoms with Gasteiger partial charge in [0, 0.05) is 30.5 Å². The third-order valence-electron chi connectivity index (χ3n) is 5.83. The molecule has 2 aromatic rings. The molecule has 0 saturated heterocycles. The lowest BCUT2D eigenvalue weighted by molar-refractivity contribution is -0.124. The molecule has 30 heavy (non-hydrogen) atoms. The summed E-state index contributed by atoms with van der Waals surface area (Å²) in [5.41, 5.74) is 4.02. The molecule has 4 nitrogen and oxygen atoms in total. The van der Waals surface area contributed by atoms with Crippen LogP contribution in [-0.2, 0) is 17.8 Å². The number of ketones is 2. The molecule has 1 unspecified atom stereocenters. The smallest absolute Gasteiger partial charge is 0.255 e. The first-order valence-corrected chi connectivity index (χ1v) is 10.7. The fourth-order valence-corrected chi connectivity index (χ4v) is 4.46. The molecule has 2 aliphatic rings. The molecule has 0 N–H and O–H groups in total. The summed E-state index contributed by atoms with van der Waals surface area (Å²) in [5, 5.41) is 0.779. The molecular formula is C24H21Cl2NO3. The number of hydrogen-bond acceptors (Lipinski definition) is 3. The molecule has 1 atom stereocenters. The van der Waals surface area contributed by atoms with Gasteiger partial charge in [-0.1, -0.05) is 47.5 Å². The van der Waals surface area contributed by atoms with E-state index < -0.39 is 0 Å². The highest BCUT2D eigenvalue weighted by molar-refractivity contribution is 6.42. The number of nitrogens with zero attached hydrogens (tertiary/aromatic N) is 1. The molecule has 6 heteroatoms. The van der Waals surface area contributed by atoms with Crippen molar-refractivity contribution >= 4 is 40.7 Å². The average molecular weight is 442 g/mol. The van der Waals surface area contributed by atoms with Gasteiger partial charge < -0.3 is 4.90 Å². The summed E-state index contributed by atoms with van der Waals surface area (Å²) in [7, 11) is 0. The van der Waals surface area contributed by atoms with Gasteiger partial charge in [0.05, 0.1) is 16.1 Å². The van der Waals surface area contributed by atoms with E-state index in [4.69, 9.17) is 23.2 Å². The van der Waals surface area contributed by atoms with E-state index in [2.05, 4.69) is 6.58 Å². The topological polar surface area (TPSA) is 54.5 Å². The number of benzene rings is 2. The molecule has 0 aromatic heterocycles. The van der Waals surface area contributed by atoms with E-state index >= 15 is 0 Å². The van der Waals surface area contributed by atoms with Gasteiger partial charge in [-0.15, -0.1) is 0 Å². The van der Waals surface area contributed by atoms with Crippen LogP contribution in [0.5, 0.6) is 0 Å². The molecule has 1 amide bonds. The number of amides is 1. The number of fused-ring (bicyclic) bond motifs is 1. The number of allylic oxidation sites excluding steroid dienone is 1. The Labute approximate surface area is 185 Å². The predicted octanol–water partition coefficient (Wildman–Crippen LogP) is 5.44. The number of hydrogen-bond donors (Lipinski definition) is 0. The fourth-order valence-electron chi connectivity index (χ4n) is 4.16. The second-order valence-corrected chi connectivity index (χ2v) is 8.74. The number of aryl methyl sites for hydroxylation is 1. The maximum Gasteiger partial charge on any atom is 0.255 e. The second kappa shape index (κ2) is 8.37. The van der Waals surface area contributed by atoms with E-state index in [1.54, 1.807) is 23.1 Å². The molecule has 1 saturated carbocycles. The fraction of sp³-hybridized carbons (Fsp3) is 0.292. The zero-order valence-electron chi connectivity index (χ0n) is 16.4. The van der Waals surface area contributed by atoms with Crippen LogP contribution in [0.15, 0.2) is 48.6 Å². The lowest BCUT2D eigenvalue weighted by Crippen LogP contribution is -2.43. The Morgan fingerprint density at radius 2 is 1.90 bits per heavy atom. The number of rotatable bonds is 5. The van der Waals surface area contributed by atoms with Crippen molar-refractivity contribution in [2.24, 2.45) is 0 Å². The third kappa shape index (κ3) is 4.07. The quantitative estimate of drug-likeness (QED) is 0.458. The van der Waals surface area contributed by atoms with E-state index in [-0.39, 0.29) is 23.5 Å². The largest absolute Gasteiger partial charge is 0.324 e. The third-order valence-corrected chi connectivity index (χ3v) is 6.57. The summed E-state index contributed by atoms with van der Waals surface area (Å²) < 4.78 is 0. The summed E-state index contributed by atoms with van der Waals surface area (Å²) in [6.07, 6.45) is 2.66. The van der Waals surface area contributed by atoms with Gasteiger partial charge in [-0.3, -0.25) is 14.4 Å². The molecule has 4 rings (SSSR count). The number of carbonyl (C=O) groups excluding carboxylic acids is 3. The maximum absolute atomic E-state index is 12.8. The zero-order valence-corrected chi connectivity index (χ0v) is 17.9. The lowest BCUT2D eigenvalue weighted by Gasteiger charge is -2.30. The van der Waals surface area contributed by atoms with Gasteiger partial charge in [0.2, 0.25) is 0 Å². The van der Waals surface area contributed by atoms with Crippen molar-refractivity contribution in [2.75, 3.05) is 0 Å². The van der Waals surface area contributed by atoms with E-state index in [0.717, 1.165) is 23.1 Å². The Hall–Kier alpha value is -2.43. The highest BCUT2D eigenvalue weighted by Gasteiger charge is 2.37. The Balaban J connectivity index is 1.44. The van der Waals surface area contributed by atoms with Crippen LogP contribution in [0.3, 0.4) is 0 Å².